The largest absolute Gasteiger partial charge is 0.356 e. The van der Waals surface area contributed by atoms with E-state index in [4.69, 9.17) is 0 Å². The van der Waals surface area contributed by atoms with Crippen LogP contribution >= 0.6 is 0 Å². The highest BCUT2D eigenvalue weighted by Crippen LogP contribution is 2.24. The highest BCUT2D eigenvalue weighted by Gasteiger charge is 2.20. The zero-order valence-corrected chi connectivity index (χ0v) is 9.74. The van der Waals surface area contributed by atoms with Crippen LogP contribution in [0.5, 0.6) is 0 Å². The van der Waals surface area contributed by atoms with Crippen LogP contribution in [0.2, 0.25) is 0 Å². The minimum absolute atomic E-state index is 0.595. The monoisotopic (exact) mass is 228 g/mol. The van der Waals surface area contributed by atoms with E-state index in [0.717, 1.165) is 31.7 Å². The van der Waals surface area contributed by atoms with Crippen molar-refractivity contribution in [2.24, 2.45) is 0 Å². The van der Waals surface area contributed by atoms with Crippen LogP contribution in [0, 0.1) is 0 Å². The molecule has 0 atom stereocenters. The van der Waals surface area contributed by atoms with Gasteiger partial charge in [0, 0.05) is 37.7 Å². The van der Waals surface area contributed by atoms with E-state index >= 15 is 0 Å². The topological polar surface area (TPSA) is 34.0 Å². The molecule has 0 bridgehead atoms. The molecule has 0 N–H and O–H groups in total. The van der Waals surface area contributed by atoms with Crippen LogP contribution < -0.4 is 4.90 Å². The van der Waals surface area contributed by atoms with E-state index in [-0.39, 0.29) is 0 Å². The summed E-state index contributed by atoms with van der Waals surface area (Å²) in [6.07, 6.45) is 10.0. The van der Waals surface area contributed by atoms with Gasteiger partial charge in [-0.05, 0) is 25.0 Å². The van der Waals surface area contributed by atoms with E-state index < -0.39 is 0 Å². The molecular weight excluding hydrogens is 212 g/mol. The smallest absolute Gasteiger partial charge is 0.128 e. The Kier molecular flexibility index (Phi) is 2.78. The number of anilines is 1. The fourth-order valence-electron chi connectivity index (χ4n) is 2.42. The first kappa shape index (κ1) is 10.3. The summed E-state index contributed by atoms with van der Waals surface area (Å²) in [5.41, 5.74) is 0. The number of aromatic nitrogens is 3. The van der Waals surface area contributed by atoms with Crippen LogP contribution in [-0.2, 0) is 0 Å². The highest BCUT2D eigenvalue weighted by atomic mass is 15.2. The molecular formula is C13H16N4. The standard InChI is InChI=1S/C13H16N4/c1-2-6-15-13(3-1)16-8-4-12(5-9-16)17-10-7-14-11-17/h1-3,6-7,10-12H,4-5,8-9H2. The number of piperidine rings is 1. The number of nitrogens with zero attached hydrogens (tertiary/aromatic N) is 4. The van der Waals surface area contributed by atoms with Gasteiger partial charge in [-0.1, -0.05) is 6.07 Å². The first-order valence-electron chi connectivity index (χ1n) is 6.07. The fraction of sp³-hybridized carbons (Fsp3) is 0.385. The van der Waals surface area contributed by atoms with Crippen LogP contribution in [0.25, 0.3) is 0 Å². The predicted molar refractivity (Wildman–Crippen MR) is 66.9 cm³/mol. The van der Waals surface area contributed by atoms with Gasteiger partial charge in [0.05, 0.1) is 6.33 Å². The molecule has 0 amide bonds. The maximum Gasteiger partial charge on any atom is 0.128 e. The number of hydrogen-bond acceptors (Lipinski definition) is 3. The van der Waals surface area contributed by atoms with Crippen molar-refractivity contribution in [3.63, 3.8) is 0 Å². The van der Waals surface area contributed by atoms with E-state index in [2.05, 4.69) is 31.7 Å². The molecule has 0 aliphatic carbocycles. The van der Waals surface area contributed by atoms with Gasteiger partial charge in [-0.25, -0.2) is 9.97 Å². The Balaban J connectivity index is 1.65. The molecule has 0 saturated carbocycles. The molecule has 1 aliphatic rings. The summed E-state index contributed by atoms with van der Waals surface area (Å²) in [5.74, 6) is 1.09. The average Bonchev–Trinajstić information content (AvgIpc) is 2.94. The van der Waals surface area contributed by atoms with Crippen LogP contribution in [-0.4, -0.2) is 27.6 Å². The van der Waals surface area contributed by atoms with E-state index in [1.807, 2.05) is 30.9 Å². The van der Waals surface area contributed by atoms with Gasteiger partial charge in [0.1, 0.15) is 5.82 Å². The first-order chi connectivity index (χ1) is 8.43. The molecule has 0 radical (unpaired) electrons. The maximum atomic E-state index is 4.40. The lowest BCUT2D eigenvalue weighted by Crippen LogP contribution is -2.34. The second kappa shape index (κ2) is 4.57. The lowest BCUT2D eigenvalue weighted by molar-refractivity contribution is 0.395. The molecule has 1 aliphatic heterocycles. The third-order valence-corrected chi connectivity index (χ3v) is 3.38. The Morgan fingerprint density at radius 2 is 2.00 bits per heavy atom. The Labute approximate surface area is 101 Å². The Bertz CT molecular complexity index is 444. The van der Waals surface area contributed by atoms with Crippen LogP contribution in [0.4, 0.5) is 5.82 Å². The van der Waals surface area contributed by atoms with Crippen molar-refractivity contribution in [2.45, 2.75) is 18.9 Å². The molecule has 0 aromatic carbocycles. The zero-order chi connectivity index (χ0) is 11.5. The Hall–Kier alpha value is -1.84. The summed E-state index contributed by atoms with van der Waals surface area (Å²) in [4.78, 5) is 10.9. The molecule has 4 heteroatoms. The summed E-state index contributed by atoms with van der Waals surface area (Å²) >= 11 is 0. The molecule has 1 saturated heterocycles. The number of pyridine rings is 1. The lowest BCUT2D eigenvalue weighted by atomic mass is 10.1. The van der Waals surface area contributed by atoms with Crippen molar-refractivity contribution < 1.29 is 0 Å². The molecule has 17 heavy (non-hydrogen) atoms. The molecule has 88 valence electrons. The SMILES string of the molecule is c1ccc(N2CCC(n3ccnc3)CC2)nc1. The van der Waals surface area contributed by atoms with Crippen LogP contribution in [0.1, 0.15) is 18.9 Å². The maximum absolute atomic E-state index is 4.40. The fourth-order valence-corrected chi connectivity index (χ4v) is 2.42. The van der Waals surface area contributed by atoms with Crippen molar-refractivity contribution >= 4 is 5.82 Å². The quantitative estimate of drug-likeness (QED) is 0.789. The zero-order valence-electron chi connectivity index (χ0n) is 9.74. The van der Waals surface area contributed by atoms with Crippen molar-refractivity contribution in [3.8, 4) is 0 Å². The van der Waals surface area contributed by atoms with E-state index in [1.54, 1.807) is 0 Å². The molecule has 3 heterocycles. The molecule has 4 nitrogen and oxygen atoms in total. The first-order valence-corrected chi connectivity index (χ1v) is 6.07. The van der Waals surface area contributed by atoms with Gasteiger partial charge in [0.15, 0.2) is 0 Å². The molecule has 3 rings (SSSR count). The van der Waals surface area contributed by atoms with Crippen molar-refractivity contribution in [1.29, 1.82) is 0 Å². The van der Waals surface area contributed by atoms with Gasteiger partial charge in [-0.2, -0.15) is 0 Å². The molecule has 2 aromatic heterocycles. The Morgan fingerprint density at radius 3 is 2.65 bits per heavy atom. The van der Waals surface area contributed by atoms with Crippen LogP contribution in [0.15, 0.2) is 43.1 Å². The summed E-state index contributed by atoms with van der Waals surface area (Å²) in [6.45, 7) is 2.14. The summed E-state index contributed by atoms with van der Waals surface area (Å²) in [5, 5.41) is 0. The number of imidazole rings is 1. The lowest BCUT2D eigenvalue weighted by Gasteiger charge is -2.33. The highest BCUT2D eigenvalue weighted by molar-refractivity contribution is 5.38. The Morgan fingerprint density at radius 1 is 1.12 bits per heavy atom. The second-order valence-corrected chi connectivity index (χ2v) is 4.42. The van der Waals surface area contributed by atoms with E-state index in [0.29, 0.717) is 6.04 Å². The number of rotatable bonds is 2. The van der Waals surface area contributed by atoms with Crippen molar-refractivity contribution in [3.05, 3.63) is 43.1 Å². The van der Waals surface area contributed by atoms with E-state index in [1.165, 1.54) is 0 Å². The summed E-state index contributed by atoms with van der Waals surface area (Å²) in [6, 6.07) is 6.68. The molecule has 0 unspecified atom stereocenters. The predicted octanol–water partition coefficient (Wildman–Crippen LogP) is 2.12. The molecule has 0 spiro atoms. The normalized spacial score (nSPS) is 17.3. The van der Waals surface area contributed by atoms with Crippen molar-refractivity contribution in [2.75, 3.05) is 18.0 Å². The van der Waals surface area contributed by atoms with Gasteiger partial charge < -0.3 is 9.47 Å². The van der Waals surface area contributed by atoms with Crippen molar-refractivity contribution in [1.82, 2.24) is 14.5 Å². The molecule has 2 aromatic rings. The average molecular weight is 228 g/mol. The molecule has 1 fully saturated rings. The van der Waals surface area contributed by atoms with Gasteiger partial charge >= 0.3 is 0 Å². The minimum atomic E-state index is 0.595. The summed E-state index contributed by atoms with van der Waals surface area (Å²) < 4.78 is 2.22. The third-order valence-electron chi connectivity index (χ3n) is 3.38. The third kappa shape index (κ3) is 2.16. The van der Waals surface area contributed by atoms with Gasteiger partial charge in [-0.3, -0.25) is 0 Å². The minimum Gasteiger partial charge on any atom is -0.356 e. The van der Waals surface area contributed by atoms with Gasteiger partial charge in [-0.15, -0.1) is 0 Å². The van der Waals surface area contributed by atoms with Crippen LogP contribution in [0.3, 0.4) is 0 Å². The van der Waals surface area contributed by atoms with Gasteiger partial charge in [0.25, 0.3) is 0 Å². The van der Waals surface area contributed by atoms with E-state index in [9.17, 15) is 0 Å². The summed E-state index contributed by atoms with van der Waals surface area (Å²) in [7, 11) is 0. The van der Waals surface area contributed by atoms with Gasteiger partial charge in [0.2, 0.25) is 0 Å². The number of hydrogen-bond donors (Lipinski definition) is 0. The second-order valence-electron chi connectivity index (χ2n) is 4.42.